The first-order chi connectivity index (χ1) is 6.66. The van der Waals surface area contributed by atoms with E-state index in [1.807, 2.05) is 6.20 Å². The lowest BCUT2D eigenvalue weighted by atomic mass is 10.2. The minimum Gasteiger partial charge on any atom is -0.481 e. The molecule has 2 rings (SSSR count). The molecule has 2 saturated heterocycles. The number of fused-ring (bicyclic) bond motifs is 2. The first-order valence-electron chi connectivity index (χ1n) is 5.01. The van der Waals surface area contributed by atoms with Gasteiger partial charge in [-0.2, -0.15) is 0 Å². The molecule has 1 N–H and O–H groups in total. The van der Waals surface area contributed by atoms with E-state index in [-0.39, 0.29) is 6.42 Å². The van der Waals surface area contributed by atoms with Gasteiger partial charge in [0.2, 0.25) is 0 Å². The quantitative estimate of drug-likeness (QED) is 0.708. The van der Waals surface area contributed by atoms with Crippen LogP contribution in [0, 0.1) is 0 Å². The van der Waals surface area contributed by atoms with Gasteiger partial charge in [-0.3, -0.25) is 9.69 Å². The minimum absolute atomic E-state index is 0.129. The van der Waals surface area contributed by atoms with Crippen molar-refractivity contribution in [2.75, 3.05) is 20.1 Å². The number of aliphatic carboxylic acids is 1. The van der Waals surface area contributed by atoms with Crippen LogP contribution in [0.1, 0.15) is 12.8 Å². The molecule has 0 aliphatic carbocycles. The molecule has 0 aromatic heterocycles. The van der Waals surface area contributed by atoms with Crippen LogP contribution in [0.3, 0.4) is 0 Å². The van der Waals surface area contributed by atoms with E-state index in [0.717, 1.165) is 13.1 Å². The van der Waals surface area contributed by atoms with Gasteiger partial charge in [0, 0.05) is 25.2 Å². The topological polar surface area (TPSA) is 43.8 Å². The van der Waals surface area contributed by atoms with Gasteiger partial charge < -0.3 is 10.0 Å². The Bertz CT molecular complexity index is 263. The van der Waals surface area contributed by atoms with Crippen LogP contribution in [-0.2, 0) is 4.79 Å². The van der Waals surface area contributed by atoms with E-state index in [4.69, 9.17) is 5.11 Å². The molecule has 2 aliphatic rings. The molecule has 78 valence electrons. The Morgan fingerprint density at radius 3 is 2.79 bits per heavy atom. The molecule has 2 heterocycles. The number of carbonyl (C=O) groups is 1. The zero-order valence-corrected chi connectivity index (χ0v) is 8.39. The van der Waals surface area contributed by atoms with Crippen LogP contribution in [0.4, 0.5) is 0 Å². The zero-order valence-electron chi connectivity index (χ0n) is 8.39. The van der Waals surface area contributed by atoms with Gasteiger partial charge in [0.1, 0.15) is 0 Å². The van der Waals surface area contributed by atoms with Crippen LogP contribution in [-0.4, -0.2) is 53.1 Å². The summed E-state index contributed by atoms with van der Waals surface area (Å²) in [5.74, 6) is -0.761. The third-order valence-corrected chi connectivity index (χ3v) is 3.15. The highest BCUT2D eigenvalue weighted by molar-refractivity contribution is 5.68. The summed E-state index contributed by atoms with van der Waals surface area (Å²) in [5, 5.41) is 8.48. The highest BCUT2D eigenvalue weighted by atomic mass is 16.4. The molecule has 2 fully saturated rings. The van der Waals surface area contributed by atoms with E-state index in [9.17, 15) is 4.79 Å². The molecule has 14 heavy (non-hydrogen) atoms. The number of carboxylic acid groups (broad SMARTS) is 1. The smallest absolute Gasteiger partial charge is 0.307 e. The van der Waals surface area contributed by atoms with Crippen molar-refractivity contribution in [1.82, 2.24) is 9.80 Å². The van der Waals surface area contributed by atoms with Crippen LogP contribution in [0.15, 0.2) is 12.3 Å². The highest BCUT2D eigenvalue weighted by Gasteiger charge is 2.39. The van der Waals surface area contributed by atoms with Gasteiger partial charge in [-0.15, -0.1) is 0 Å². The molecule has 2 aliphatic heterocycles. The van der Waals surface area contributed by atoms with Crippen LogP contribution in [0.25, 0.3) is 0 Å². The zero-order chi connectivity index (χ0) is 10.1. The van der Waals surface area contributed by atoms with Crippen LogP contribution in [0.5, 0.6) is 0 Å². The summed E-state index contributed by atoms with van der Waals surface area (Å²) in [4.78, 5) is 15.0. The minimum atomic E-state index is -0.761. The predicted molar refractivity (Wildman–Crippen MR) is 52.9 cm³/mol. The van der Waals surface area contributed by atoms with Crippen LogP contribution >= 0.6 is 0 Å². The maximum atomic E-state index is 10.3. The van der Waals surface area contributed by atoms with Gasteiger partial charge in [-0.05, 0) is 19.7 Å². The maximum absolute atomic E-state index is 10.3. The summed E-state index contributed by atoms with van der Waals surface area (Å²) in [5.41, 5.74) is 0. The Labute approximate surface area is 83.8 Å². The van der Waals surface area contributed by atoms with Crippen molar-refractivity contribution in [1.29, 1.82) is 0 Å². The number of hydrogen-bond donors (Lipinski definition) is 1. The fourth-order valence-corrected chi connectivity index (χ4v) is 2.37. The summed E-state index contributed by atoms with van der Waals surface area (Å²) < 4.78 is 0. The SMILES string of the molecule is CN1CC2CC1CN2/C=C/CC(=O)O. The van der Waals surface area contributed by atoms with Crippen molar-refractivity contribution in [3.05, 3.63) is 12.3 Å². The second-order valence-electron chi connectivity index (χ2n) is 4.16. The van der Waals surface area contributed by atoms with Gasteiger partial charge in [0.25, 0.3) is 0 Å². The third-order valence-electron chi connectivity index (χ3n) is 3.15. The fraction of sp³-hybridized carbons (Fsp3) is 0.700. The second kappa shape index (κ2) is 3.61. The van der Waals surface area contributed by atoms with E-state index in [2.05, 4.69) is 16.8 Å². The summed E-state index contributed by atoms with van der Waals surface area (Å²) >= 11 is 0. The van der Waals surface area contributed by atoms with Crippen molar-refractivity contribution in [3.8, 4) is 0 Å². The van der Waals surface area contributed by atoms with Crippen molar-refractivity contribution in [3.63, 3.8) is 0 Å². The van der Waals surface area contributed by atoms with E-state index in [0.29, 0.717) is 12.1 Å². The van der Waals surface area contributed by atoms with Crippen molar-refractivity contribution < 1.29 is 9.90 Å². The first kappa shape index (κ1) is 9.52. The first-order valence-corrected chi connectivity index (χ1v) is 5.01. The normalized spacial score (nSPS) is 31.9. The van der Waals surface area contributed by atoms with E-state index < -0.39 is 5.97 Å². The van der Waals surface area contributed by atoms with E-state index in [1.165, 1.54) is 6.42 Å². The number of likely N-dealkylation sites (tertiary alicyclic amines) is 2. The lowest BCUT2D eigenvalue weighted by Gasteiger charge is -2.30. The van der Waals surface area contributed by atoms with Crippen LogP contribution < -0.4 is 0 Å². The Morgan fingerprint density at radius 1 is 1.50 bits per heavy atom. The molecule has 4 nitrogen and oxygen atoms in total. The van der Waals surface area contributed by atoms with E-state index >= 15 is 0 Å². The monoisotopic (exact) mass is 196 g/mol. The molecule has 0 aromatic carbocycles. The maximum Gasteiger partial charge on any atom is 0.307 e. The number of likely N-dealkylation sites (N-methyl/N-ethyl adjacent to an activating group) is 1. The predicted octanol–water partition coefficient (Wildman–Crippen LogP) is 0.363. The van der Waals surface area contributed by atoms with Crippen molar-refractivity contribution in [2.24, 2.45) is 0 Å². The molecule has 0 amide bonds. The number of rotatable bonds is 3. The Balaban J connectivity index is 1.85. The summed E-state index contributed by atoms with van der Waals surface area (Å²) in [6, 6.07) is 1.28. The Hall–Kier alpha value is -1.03. The molecule has 2 bridgehead atoms. The highest BCUT2D eigenvalue weighted by Crippen LogP contribution is 2.29. The molecule has 0 radical (unpaired) electrons. The number of hydrogen-bond acceptors (Lipinski definition) is 3. The molecular weight excluding hydrogens is 180 g/mol. The molecule has 2 atom stereocenters. The molecule has 0 spiro atoms. The Morgan fingerprint density at radius 2 is 2.29 bits per heavy atom. The summed E-state index contributed by atoms with van der Waals surface area (Å²) in [6.07, 6.45) is 5.05. The fourth-order valence-electron chi connectivity index (χ4n) is 2.37. The Kier molecular flexibility index (Phi) is 2.46. The summed E-state index contributed by atoms with van der Waals surface area (Å²) in [7, 11) is 2.16. The van der Waals surface area contributed by atoms with Gasteiger partial charge in [-0.1, -0.05) is 6.08 Å². The molecule has 0 aromatic rings. The molecule has 0 saturated carbocycles. The van der Waals surface area contributed by atoms with Gasteiger partial charge in [-0.25, -0.2) is 0 Å². The molecule has 2 unspecified atom stereocenters. The van der Waals surface area contributed by atoms with Crippen molar-refractivity contribution in [2.45, 2.75) is 24.9 Å². The van der Waals surface area contributed by atoms with Crippen molar-refractivity contribution >= 4 is 5.97 Å². The second-order valence-corrected chi connectivity index (χ2v) is 4.16. The number of carboxylic acids is 1. The standard InChI is InChI=1S/C10H16N2O2/c1-11-6-9-5-8(11)7-12(9)4-2-3-10(13)14/h2,4,8-9H,3,5-7H2,1H3,(H,13,14)/b4-2+. The van der Waals surface area contributed by atoms with E-state index in [1.54, 1.807) is 6.08 Å². The largest absolute Gasteiger partial charge is 0.481 e. The average Bonchev–Trinajstić information content (AvgIpc) is 2.62. The lowest BCUT2D eigenvalue weighted by Crippen LogP contribution is -2.41. The third kappa shape index (κ3) is 1.75. The van der Waals surface area contributed by atoms with Gasteiger partial charge >= 0.3 is 5.97 Å². The molecule has 4 heteroatoms. The lowest BCUT2D eigenvalue weighted by molar-refractivity contribution is -0.136. The van der Waals surface area contributed by atoms with Crippen LogP contribution in [0.2, 0.25) is 0 Å². The average molecular weight is 196 g/mol. The number of nitrogens with zero attached hydrogens (tertiary/aromatic N) is 2. The number of piperazine rings is 1. The molecular formula is C10H16N2O2. The summed E-state index contributed by atoms with van der Waals surface area (Å²) in [6.45, 7) is 2.17. The van der Waals surface area contributed by atoms with Gasteiger partial charge in [0.05, 0.1) is 6.42 Å². The van der Waals surface area contributed by atoms with Gasteiger partial charge in [0.15, 0.2) is 0 Å².